The van der Waals surface area contributed by atoms with Gasteiger partial charge in [0.15, 0.2) is 6.10 Å². The first-order valence-corrected chi connectivity index (χ1v) is 5.49. The Morgan fingerprint density at radius 3 is 2.94 bits per heavy atom. The Morgan fingerprint density at radius 2 is 2.29 bits per heavy atom. The quantitative estimate of drug-likeness (QED) is 0.780. The van der Waals surface area contributed by atoms with Crippen LogP contribution in [0.1, 0.15) is 18.5 Å². The van der Waals surface area contributed by atoms with Gasteiger partial charge in [-0.25, -0.2) is 0 Å². The lowest BCUT2D eigenvalue weighted by Gasteiger charge is -2.30. The van der Waals surface area contributed by atoms with Crippen molar-refractivity contribution in [1.29, 1.82) is 0 Å². The summed E-state index contributed by atoms with van der Waals surface area (Å²) in [7, 11) is 1.71. The van der Waals surface area contributed by atoms with Gasteiger partial charge in [0.05, 0.1) is 18.3 Å². The van der Waals surface area contributed by atoms with Crippen molar-refractivity contribution < 1.29 is 14.6 Å². The van der Waals surface area contributed by atoms with Crippen LogP contribution >= 0.6 is 0 Å². The zero-order chi connectivity index (χ0) is 12.6. The summed E-state index contributed by atoms with van der Waals surface area (Å²) in [6.45, 7) is 1.59. The number of carbonyl (C=O) groups is 1. The summed E-state index contributed by atoms with van der Waals surface area (Å²) in [4.78, 5) is 13.3. The van der Waals surface area contributed by atoms with Crippen molar-refractivity contribution in [2.45, 2.75) is 19.1 Å². The summed E-state index contributed by atoms with van der Waals surface area (Å²) in [6, 6.07) is 4.92. The normalized spacial score (nSPS) is 20.8. The standard InChI is InChI=1S/C12H16N2O3/c1-7-12(16)14(2)10-4-3-8(9(13)6-15)5-11(10)17-7/h3-5,7,9,15H,6,13H2,1-2H3. The maximum Gasteiger partial charge on any atom is 0.267 e. The van der Waals surface area contributed by atoms with Crippen LogP contribution in [0.2, 0.25) is 0 Å². The maximum absolute atomic E-state index is 11.7. The molecule has 1 aliphatic rings. The summed E-state index contributed by atoms with van der Waals surface area (Å²) in [6.07, 6.45) is -0.492. The molecule has 0 saturated carbocycles. The Bertz CT molecular complexity index is 447. The van der Waals surface area contributed by atoms with Gasteiger partial charge in [0.1, 0.15) is 5.75 Å². The molecule has 0 spiro atoms. The average molecular weight is 236 g/mol. The van der Waals surface area contributed by atoms with Gasteiger partial charge in [0.2, 0.25) is 0 Å². The van der Waals surface area contributed by atoms with Crippen LogP contribution < -0.4 is 15.4 Å². The molecule has 2 rings (SSSR count). The Hall–Kier alpha value is -1.59. The van der Waals surface area contributed by atoms with Gasteiger partial charge in [0.25, 0.3) is 5.91 Å². The number of amides is 1. The number of aliphatic hydroxyl groups excluding tert-OH is 1. The molecule has 0 aliphatic carbocycles. The molecule has 2 unspecified atom stereocenters. The van der Waals surface area contributed by atoms with E-state index in [-0.39, 0.29) is 12.5 Å². The largest absolute Gasteiger partial charge is 0.479 e. The minimum absolute atomic E-state index is 0.0725. The van der Waals surface area contributed by atoms with Crippen molar-refractivity contribution in [2.75, 3.05) is 18.6 Å². The lowest BCUT2D eigenvalue weighted by molar-refractivity contribution is -0.125. The summed E-state index contributed by atoms with van der Waals surface area (Å²) in [5.74, 6) is 0.553. The monoisotopic (exact) mass is 236 g/mol. The molecule has 0 fully saturated rings. The molecule has 92 valence electrons. The Morgan fingerprint density at radius 1 is 1.59 bits per heavy atom. The second-order valence-electron chi connectivity index (χ2n) is 4.17. The highest BCUT2D eigenvalue weighted by Crippen LogP contribution is 2.34. The van der Waals surface area contributed by atoms with Crippen LogP contribution in [-0.2, 0) is 4.79 Å². The predicted octanol–water partition coefficient (Wildman–Crippen LogP) is 0.422. The molecule has 0 aromatic heterocycles. The number of hydrogen-bond acceptors (Lipinski definition) is 4. The number of carbonyl (C=O) groups excluding carboxylic acids is 1. The highest BCUT2D eigenvalue weighted by atomic mass is 16.5. The number of anilines is 1. The topological polar surface area (TPSA) is 75.8 Å². The van der Waals surface area contributed by atoms with E-state index < -0.39 is 12.1 Å². The molecule has 1 aromatic rings. The van der Waals surface area contributed by atoms with Crippen molar-refractivity contribution in [3.05, 3.63) is 23.8 Å². The van der Waals surface area contributed by atoms with Gasteiger partial charge in [-0.3, -0.25) is 4.79 Å². The third-order valence-electron chi connectivity index (χ3n) is 2.95. The number of rotatable bonds is 2. The maximum atomic E-state index is 11.7. The molecule has 1 amide bonds. The number of likely N-dealkylation sites (N-methyl/N-ethyl adjacent to an activating group) is 1. The minimum atomic E-state index is -0.492. The zero-order valence-corrected chi connectivity index (χ0v) is 9.88. The first kappa shape index (κ1) is 11.9. The summed E-state index contributed by atoms with van der Waals surface area (Å²) >= 11 is 0. The second kappa shape index (κ2) is 4.35. The number of nitrogens with zero attached hydrogens (tertiary/aromatic N) is 1. The molecule has 17 heavy (non-hydrogen) atoms. The summed E-state index contributed by atoms with van der Waals surface area (Å²) in [5, 5.41) is 9.01. The number of fused-ring (bicyclic) bond motifs is 1. The summed E-state index contributed by atoms with van der Waals surface area (Å²) < 4.78 is 5.52. The molecular formula is C12H16N2O3. The fourth-order valence-electron chi connectivity index (χ4n) is 1.87. The lowest BCUT2D eigenvalue weighted by Crippen LogP contribution is -2.42. The van der Waals surface area contributed by atoms with Crippen LogP contribution in [0, 0.1) is 0 Å². The van der Waals surface area contributed by atoms with E-state index in [0.717, 1.165) is 11.3 Å². The molecule has 2 atom stereocenters. The Kier molecular flexibility index (Phi) is 3.04. The highest BCUT2D eigenvalue weighted by Gasteiger charge is 2.29. The number of aliphatic hydroxyl groups is 1. The minimum Gasteiger partial charge on any atom is -0.479 e. The van der Waals surface area contributed by atoms with Crippen molar-refractivity contribution in [3.63, 3.8) is 0 Å². The van der Waals surface area contributed by atoms with Gasteiger partial charge in [-0.1, -0.05) is 6.07 Å². The van der Waals surface area contributed by atoms with Crippen LogP contribution in [0.5, 0.6) is 5.75 Å². The van der Waals surface area contributed by atoms with Gasteiger partial charge < -0.3 is 20.5 Å². The van der Waals surface area contributed by atoms with E-state index in [1.54, 1.807) is 37.1 Å². The van der Waals surface area contributed by atoms with E-state index in [2.05, 4.69) is 0 Å². The van der Waals surface area contributed by atoms with E-state index in [1.807, 2.05) is 0 Å². The Balaban J connectivity index is 2.40. The number of nitrogens with two attached hydrogens (primary N) is 1. The van der Waals surface area contributed by atoms with Crippen LogP contribution in [0.15, 0.2) is 18.2 Å². The van der Waals surface area contributed by atoms with Crippen LogP contribution in [0.3, 0.4) is 0 Å². The van der Waals surface area contributed by atoms with Gasteiger partial charge in [-0.15, -0.1) is 0 Å². The summed E-state index contributed by atoms with van der Waals surface area (Å²) in [5.41, 5.74) is 7.25. The zero-order valence-electron chi connectivity index (χ0n) is 9.88. The van der Waals surface area contributed by atoms with Gasteiger partial charge >= 0.3 is 0 Å². The molecule has 0 bridgehead atoms. The number of hydrogen-bond donors (Lipinski definition) is 2. The smallest absolute Gasteiger partial charge is 0.267 e. The first-order valence-electron chi connectivity index (χ1n) is 5.49. The van der Waals surface area contributed by atoms with Gasteiger partial charge in [0, 0.05) is 7.05 Å². The highest BCUT2D eigenvalue weighted by molar-refractivity contribution is 5.99. The van der Waals surface area contributed by atoms with E-state index in [4.69, 9.17) is 15.6 Å². The third kappa shape index (κ3) is 1.99. The van der Waals surface area contributed by atoms with Crippen LogP contribution in [-0.4, -0.2) is 30.8 Å². The molecule has 5 heteroatoms. The van der Waals surface area contributed by atoms with Gasteiger partial charge in [-0.05, 0) is 24.6 Å². The first-order chi connectivity index (χ1) is 8.04. The molecule has 1 heterocycles. The van der Waals surface area contributed by atoms with E-state index in [0.29, 0.717) is 5.75 Å². The predicted molar refractivity (Wildman–Crippen MR) is 64.0 cm³/mol. The fraction of sp³-hybridized carbons (Fsp3) is 0.417. The molecule has 1 aliphatic heterocycles. The third-order valence-corrected chi connectivity index (χ3v) is 2.95. The van der Waals surface area contributed by atoms with Crippen LogP contribution in [0.25, 0.3) is 0 Å². The van der Waals surface area contributed by atoms with E-state index in [1.165, 1.54) is 0 Å². The van der Waals surface area contributed by atoms with Crippen LogP contribution in [0.4, 0.5) is 5.69 Å². The molecular weight excluding hydrogens is 220 g/mol. The van der Waals surface area contributed by atoms with E-state index >= 15 is 0 Å². The number of ether oxygens (including phenoxy) is 1. The molecule has 1 aromatic carbocycles. The fourth-order valence-corrected chi connectivity index (χ4v) is 1.87. The average Bonchev–Trinajstić information content (AvgIpc) is 2.34. The van der Waals surface area contributed by atoms with Crippen molar-refractivity contribution in [3.8, 4) is 5.75 Å². The SMILES string of the molecule is CC1Oc2cc(C(N)CO)ccc2N(C)C1=O. The molecule has 0 radical (unpaired) electrons. The Labute approximate surface area is 99.8 Å². The molecule has 0 saturated heterocycles. The lowest BCUT2D eigenvalue weighted by atomic mass is 10.1. The second-order valence-corrected chi connectivity index (χ2v) is 4.17. The number of benzene rings is 1. The van der Waals surface area contributed by atoms with E-state index in [9.17, 15) is 4.79 Å². The molecule has 3 N–H and O–H groups in total. The van der Waals surface area contributed by atoms with Crippen molar-refractivity contribution in [1.82, 2.24) is 0 Å². The van der Waals surface area contributed by atoms with Crippen molar-refractivity contribution in [2.24, 2.45) is 5.73 Å². The van der Waals surface area contributed by atoms with Gasteiger partial charge in [-0.2, -0.15) is 0 Å². The molecule has 5 nitrogen and oxygen atoms in total. The van der Waals surface area contributed by atoms with Crippen molar-refractivity contribution >= 4 is 11.6 Å².